The first kappa shape index (κ1) is 10.9. The lowest BCUT2D eigenvalue weighted by molar-refractivity contribution is 0.628. The lowest BCUT2D eigenvalue weighted by Crippen LogP contribution is -2.07. The molecule has 1 atom stereocenters. The second-order valence-electron chi connectivity index (χ2n) is 3.48. The average Bonchev–Trinajstić information content (AvgIpc) is 2.75. The number of nitrogen functional groups attached to an aromatic ring is 1. The van der Waals surface area contributed by atoms with Crippen LogP contribution in [0, 0.1) is 5.82 Å². The maximum Gasteiger partial charge on any atom is 0.148 e. The minimum atomic E-state index is -0.344. The van der Waals surface area contributed by atoms with Gasteiger partial charge in [-0.25, -0.2) is 9.37 Å². The summed E-state index contributed by atoms with van der Waals surface area (Å²) in [5.41, 5.74) is 6.34. The average molecular weight is 237 g/mol. The van der Waals surface area contributed by atoms with Crippen LogP contribution in [0.5, 0.6) is 0 Å². The number of aromatic nitrogens is 1. The summed E-state index contributed by atoms with van der Waals surface area (Å²) in [6, 6.07) is 4.59. The van der Waals surface area contributed by atoms with Crippen LogP contribution in [0.3, 0.4) is 0 Å². The van der Waals surface area contributed by atoms with E-state index in [2.05, 4.69) is 10.3 Å². The number of thiazole rings is 1. The van der Waals surface area contributed by atoms with Gasteiger partial charge in [-0.15, -0.1) is 11.3 Å². The van der Waals surface area contributed by atoms with Crippen molar-refractivity contribution in [1.82, 2.24) is 4.98 Å². The SMILES string of the molecule is CC(Nc1ccc(N)cc1F)c1nccs1. The van der Waals surface area contributed by atoms with Crippen molar-refractivity contribution in [2.24, 2.45) is 0 Å². The van der Waals surface area contributed by atoms with Crippen molar-refractivity contribution in [3.05, 3.63) is 40.6 Å². The third-order valence-electron chi connectivity index (χ3n) is 2.19. The standard InChI is InChI=1S/C11H12FN3S/c1-7(11-14-4-5-16-11)15-10-3-2-8(13)6-9(10)12/h2-7,15H,13H2,1H3. The molecule has 0 spiro atoms. The maximum absolute atomic E-state index is 13.5. The summed E-state index contributed by atoms with van der Waals surface area (Å²) in [6.45, 7) is 1.94. The zero-order chi connectivity index (χ0) is 11.5. The van der Waals surface area contributed by atoms with Gasteiger partial charge in [0.1, 0.15) is 10.8 Å². The molecule has 0 aliphatic heterocycles. The molecule has 1 aromatic heterocycles. The predicted octanol–water partition coefficient (Wildman–Crippen LogP) is 3.04. The Hall–Kier alpha value is -1.62. The summed E-state index contributed by atoms with van der Waals surface area (Å²) < 4.78 is 13.5. The minimum absolute atomic E-state index is 0.0156. The van der Waals surface area contributed by atoms with Crippen LogP contribution in [0.15, 0.2) is 29.8 Å². The Bertz CT molecular complexity index is 470. The van der Waals surface area contributed by atoms with Gasteiger partial charge in [0.2, 0.25) is 0 Å². The first-order valence-electron chi connectivity index (χ1n) is 4.88. The summed E-state index contributed by atoms with van der Waals surface area (Å²) in [5.74, 6) is -0.344. The number of anilines is 2. The highest BCUT2D eigenvalue weighted by Crippen LogP contribution is 2.23. The van der Waals surface area contributed by atoms with Gasteiger partial charge in [0.05, 0.1) is 11.7 Å². The number of benzene rings is 1. The molecule has 5 heteroatoms. The van der Waals surface area contributed by atoms with Crippen LogP contribution in [0.2, 0.25) is 0 Å². The maximum atomic E-state index is 13.5. The van der Waals surface area contributed by atoms with Gasteiger partial charge in [-0.05, 0) is 25.1 Å². The zero-order valence-corrected chi connectivity index (χ0v) is 9.59. The molecule has 16 heavy (non-hydrogen) atoms. The molecule has 0 aliphatic carbocycles. The van der Waals surface area contributed by atoms with E-state index in [9.17, 15) is 4.39 Å². The van der Waals surface area contributed by atoms with E-state index in [1.807, 2.05) is 12.3 Å². The first-order chi connectivity index (χ1) is 7.66. The molecule has 0 bridgehead atoms. The highest BCUT2D eigenvalue weighted by molar-refractivity contribution is 7.09. The molecule has 2 rings (SSSR count). The zero-order valence-electron chi connectivity index (χ0n) is 8.77. The van der Waals surface area contributed by atoms with Crippen molar-refractivity contribution in [1.29, 1.82) is 0 Å². The molecule has 1 aromatic carbocycles. The fourth-order valence-corrected chi connectivity index (χ4v) is 2.04. The van der Waals surface area contributed by atoms with Gasteiger partial charge < -0.3 is 11.1 Å². The molecular formula is C11H12FN3S. The Morgan fingerprint density at radius 3 is 2.94 bits per heavy atom. The second-order valence-corrected chi connectivity index (χ2v) is 4.40. The number of nitrogens with zero attached hydrogens (tertiary/aromatic N) is 1. The number of hydrogen-bond donors (Lipinski definition) is 2. The first-order valence-corrected chi connectivity index (χ1v) is 5.76. The van der Waals surface area contributed by atoms with E-state index in [1.165, 1.54) is 17.4 Å². The summed E-state index contributed by atoms with van der Waals surface area (Å²) in [7, 11) is 0. The third-order valence-corrected chi connectivity index (χ3v) is 3.15. The molecule has 0 saturated heterocycles. The highest BCUT2D eigenvalue weighted by atomic mass is 32.1. The Labute approximate surface area is 97.1 Å². The van der Waals surface area contributed by atoms with E-state index in [4.69, 9.17) is 5.73 Å². The van der Waals surface area contributed by atoms with Gasteiger partial charge >= 0.3 is 0 Å². The molecule has 3 nitrogen and oxygen atoms in total. The normalized spacial score (nSPS) is 12.4. The van der Waals surface area contributed by atoms with Crippen LogP contribution in [0.25, 0.3) is 0 Å². The van der Waals surface area contributed by atoms with Crippen molar-refractivity contribution in [2.75, 3.05) is 11.1 Å². The Kier molecular flexibility index (Phi) is 3.05. The van der Waals surface area contributed by atoms with Crippen LogP contribution in [-0.2, 0) is 0 Å². The van der Waals surface area contributed by atoms with Gasteiger partial charge in [0, 0.05) is 17.3 Å². The molecule has 3 N–H and O–H groups in total. The summed E-state index contributed by atoms with van der Waals surface area (Å²) in [6.07, 6.45) is 1.73. The highest BCUT2D eigenvalue weighted by Gasteiger charge is 2.10. The molecule has 0 saturated carbocycles. The van der Waals surface area contributed by atoms with Crippen LogP contribution in [-0.4, -0.2) is 4.98 Å². The Morgan fingerprint density at radius 1 is 1.50 bits per heavy atom. The predicted molar refractivity (Wildman–Crippen MR) is 65.0 cm³/mol. The van der Waals surface area contributed by atoms with E-state index in [0.717, 1.165) is 5.01 Å². The van der Waals surface area contributed by atoms with Gasteiger partial charge in [0.25, 0.3) is 0 Å². The molecule has 0 radical (unpaired) electrons. The van der Waals surface area contributed by atoms with Crippen molar-refractivity contribution in [3.8, 4) is 0 Å². The van der Waals surface area contributed by atoms with Gasteiger partial charge in [-0.3, -0.25) is 0 Å². The number of hydrogen-bond acceptors (Lipinski definition) is 4. The summed E-state index contributed by atoms with van der Waals surface area (Å²) >= 11 is 1.54. The third kappa shape index (κ3) is 2.30. The minimum Gasteiger partial charge on any atom is -0.399 e. The number of rotatable bonds is 3. The molecule has 0 aliphatic rings. The van der Waals surface area contributed by atoms with Gasteiger partial charge in [-0.2, -0.15) is 0 Å². The monoisotopic (exact) mass is 237 g/mol. The molecular weight excluding hydrogens is 225 g/mol. The molecule has 2 aromatic rings. The van der Waals surface area contributed by atoms with Crippen molar-refractivity contribution in [2.45, 2.75) is 13.0 Å². The van der Waals surface area contributed by atoms with Crippen LogP contribution in [0.1, 0.15) is 18.0 Å². The van der Waals surface area contributed by atoms with Crippen LogP contribution in [0.4, 0.5) is 15.8 Å². The molecule has 0 fully saturated rings. The lowest BCUT2D eigenvalue weighted by Gasteiger charge is -2.13. The number of halogens is 1. The Balaban J connectivity index is 2.15. The quantitative estimate of drug-likeness (QED) is 0.807. The van der Waals surface area contributed by atoms with Crippen LogP contribution < -0.4 is 11.1 Å². The largest absolute Gasteiger partial charge is 0.399 e. The van der Waals surface area contributed by atoms with Crippen molar-refractivity contribution >= 4 is 22.7 Å². The van der Waals surface area contributed by atoms with E-state index in [-0.39, 0.29) is 11.9 Å². The van der Waals surface area contributed by atoms with E-state index in [1.54, 1.807) is 18.3 Å². The summed E-state index contributed by atoms with van der Waals surface area (Å²) in [5, 5.41) is 5.88. The fourth-order valence-electron chi connectivity index (χ4n) is 1.39. The van der Waals surface area contributed by atoms with Gasteiger partial charge in [-0.1, -0.05) is 0 Å². The lowest BCUT2D eigenvalue weighted by atomic mass is 10.2. The smallest absolute Gasteiger partial charge is 0.148 e. The molecule has 1 heterocycles. The Morgan fingerprint density at radius 2 is 2.31 bits per heavy atom. The van der Waals surface area contributed by atoms with E-state index >= 15 is 0 Å². The molecule has 1 unspecified atom stereocenters. The van der Waals surface area contributed by atoms with Crippen LogP contribution >= 0.6 is 11.3 Å². The molecule has 84 valence electrons. The number of nitrogens with two attached hydrogens (primary N) is 1. The number of nitrogens with one attached hydrogen (secondary N) is 1. The van der Waals surface area contributed by atoms with Crippen molar-refractivity contribution < 1.29 is 4.39 Å². The second kappa shape index (κ2) is 4.49. The topological polar surface area (TPSA) is 50.9 Å². The van der Waals surface area contributed by atoms with E-state index in [0.29, 0.717) is 11.4 Å². The summed E-state index contributed by atoms with van der Waals surface area (Å²) in [4.78, 5) is 4.17. The van der Waals surface area contributed by atoms with E-state index < -0.39 is 0 Å². The van der Waals surface area contributed by atoms with Gasteiger partial charge in [0.15, 0.2) is 0 Å². The van der Waals surface area contributed by atoms with Crippen molar-refractivity contribution in [3.63, 3.8) is 0 Å². The fraction of sp³-hybridized carbons (Fsp3) is 0.182. The molecule has 0 amide bonds.